The van der Waals surface area contributed by atoms with Gasteiger partial charge < -0.3 is 20.3 Å². The minimum atomic E-state index is 0.0273. The van der Waals surface area contributed by atoms with Gasteiger partial charge in [-0.3, -0.25) is 9.89 Å². The summed E-state index contributed by atoms with van der Waals surface area (Å²) in [7, 11) is 1.76. The number of nitrogens with zero attached hydrogens (tertiary/aromatic N) is 3. The molecule has 2 heterocycles. The summed E-state index contributed by atoms with van der Waals surface area (Å²) < 4.78 is 5.21. The van der Waals surface area contributed by atoms with Gasteiger partial charge in [0.1, 0.15) is 5.84 Å². The van der Waals surface area contributed by atoms with E-state index in [0.29, 0.717) is 18.1 Å². The fraction of sp³-hybridized carbons (Fsp3) is 0.900. The SMILES string of the molecule is COCCN1CCN2C(=NC3CC(NC(=O)NC4CCCCC4)CCC32)C1. The number of ether oxygens (including phenoxy) is 1. The Kier molecular flexibility index (Phi) is 6.18. The standard InChI is InChI=1S/C20H35N5O2/c1-27-12-11-24-9-10-25-18-8-7-16(13-17(18)23-19(25)14-24)22-20(26)21-15-5-3-2-4-6-15/h15-18H,2-14H2,1H3,(H2,21,22,26). The van der Waals surface area contributed by atoms with Crippen molar-refractivity contribution in [1.29, 1.82) is 0 Å². The van der Waals surface area contributed by atoms with Gasteiger partial charge in [-0.1, -0.05) is 19.3 Å². The monoisotopic (exact) mass is 377 g/mol. The van der Waals surface area contributed by atoms with Crippen molar-refractivity contribution in [3.63, 3.8) is 0 Å². The van der Waals surface area contributed by atoms with Crippen LogP contribution in [0.1, 0.15) is 51.4 Å². The first-order valence-electron chi connectivity index (χ1n) is 10.8. The third-order valence-corrected chi connectivity index (χ3v) is 6.74. The van der Waals surface area contributed by atoms with Crippen LogP contribution in [-0.4, -0.2) is 85.7 Å². The van der Waals surface area contributed by atoms with E-state index in [0.717, 1.165) is 64.9 Å². The minimum absolute atomic E-state index is 0.0273. The van der Waals surface area contributed by atoms with E-state index in [9.17, 15) is 4.79 Å². The number of fused-ring (bicyclic) bond motifs is 3. The topological polar surface area (TPSA) is 69.2 Å². The molecule has 7 heteroatoms. The summed E-state index contributed by atoms with van der Waals surface area (Å²) in [6, 6.07) is 1.54. The summed E-state index contributed by atoms with van der Waals surface area (Å²) in [4.78, 5) is 22.4. The number of carbonyl (C=O) groups is 1. The van der Waals surface area contributed by atoms with E-state index in [2.05, 4.69) is 20.4 Å². The van der Waals surface area contributed by atoms with Crippen molar-refractivity contribution in [2.75, 3.05) is 39.9 Å². The Balaban J connectivity index is 1.27. The van der Waals surface area contributed by atoms with Gasteiger partial charge in [0.25, 0.3) is 0 Å². The predicted molar refractivity (Wildman–Crippen MR) is 106 cm³/mol. The molecule has 0 bridgehead atoms. The van der Waals surface area contributed by atoms with Crippen LogP contribution in [0.2, 0.25) is 0 Å². The normalized spacial score (nSPS) is 31.8. The maximum atomic E-state index is 12.4. The number of aliphatic imine (C=N–C) groups is 1. The van der Waals surface area contributed by atoms with Crippen LogP contribution < -0.4 is 10.6 Å². The van der Waals surface area contributed by atoms with Crippen LogP contribution in [0.5, 0.6) is 0 Å². The summed E-state index contributed by atoms with van der Waals surface area (Å²) in [6.07, 6.45) is 9.22. The third kappa shape index (κ3) is 4.57. The van der Waals surface area contributed by atoms with Gasteiger partial charge >= 0.3 is 6.03 Å². The van der Waals surface area contributed by atoms with Gasteiger partial charge in [-0.05, 0) is 32.1 Å². The average Bonchev–Trinajstić information content (AvgIpc) is 3.03. The second-order valence-corrected chi connectivity index (χ2v) is 8.61. The number of piperazine rings is 1. The van der Waals surface area contributed by atoms with Crippen molar-refractivity contribution in [3.8, 4) is 0 Å². The molecule has 2 amide bonds. The van der Waals surface area contributed by atoms with Gasteiger partial charge in [-0.25, -0.2) is 4.79 Å². The van der Waals surface area contributed by atoms with Gasteiger partial charge in [0.2, 0.25) is 0 Å². The fourth-order valence-electron chi connectivity index (χ4n) is 5.25. The lowest BCUT2D eigenvalue weighted by molar-refractivity contribution is 0.129. The molecule has 0 spiro atoms. The number of amides is 2. The molecule has 1 saturated heterocycles. The fourth-order valence-corrected chi connectivity index (χ4v) is 5.25. The van der Waals surface area contributed by atoms with E-state index in [1.807, 2.05) is 0 Å². The van der Waals surface area contributed by atoms with Crippen molar-refractivity contribution >= 4 is 11.9 Å². The highest BCUT2D eigenvalue weighted by Gasteiger charge is 2.42. The van der Waals surface area contributed by atoms with E-state index in [4.69, 9.17) is 9.73 Å². The molecule has 27 heavy (non-hydrogen) atoms. The Bertz CT molecular complexity index is 548. The van der Waals surface area contributed by atoms with Gasteiger partial charge in [-0.15, -0.1) is 0 Å². The molecule has 3 atom stereocenters. The van der Waals surface area contributed by atoms with Crippen molar-refractivity contribution in [2.45, 2.75) is 75.5 Å². The maximum Gasteiger partial charge on any atom is 0.315 e. The van der Waals surface area contributed by atoms with E-state index < -0.39 is 0 Å². The number of hydrogen-bond donors (Lipinski definition) is 2. The highest BCUT2D eigenvalue weighted by molar-refractivity contribution is 5.87. The van der Waals surface area contributed by atoms with Crippen LogP contribution >= 0.6 is 0 Å². The van der Waals surface area contributed by atoms with E-state index in [1.54, 1.807) is 7.11 Å². The van der Waals surface area contributed by atoms with Crippen molar-refractivity contribution in [3.05, 3.63) is 0 Å². The zero-order valence-electron chi connectivity index (χ0n) is 16.7. The van der Waals surface area contributed by atoms with Crippen LogP contribution in [0, 0.1) is 0 Å². The number of amidine groups is 1. The molecule has 0 radical (unpaired) electrons. The number of urea groups is 1. The highest BCUT2D eigenvalue weighted by Crippen LogP contribution is 2.32. The maximum absolute atomic E-state index is 12.4. The molecule has 2 N–H and O–H groups in total. The van der Waals surface area contributed by atoms with Crippen LogP contribution in [0.3, 0.4) is 0 Å². The van der Waals surface area contributed by atoms with Crippen molar-refractivity contribution in [2.24, 2.45) is 4.99 Å². The Morgan fingerprint density at radius 2 is 1.93 bits per heavy atom. The Morgan fingerprint density at radius 1 is 1.11 bits per heavy atom. The Morgan fingerprint density at radius 3 is 2.74 bits per heavy atom. The first-order chi connectivity index (χ1) is 13.2. The number of methoxy groups -OCH3 is 1. The van der Waals surface area contributed by atoms with Crippen LogP contribution in [-0.2, 0) is 4.74 Å². The lowest BCUT2D eigenvalue weighted by atomic mass is 9.87. The smallest absolute Gasteiger partial charge is 0.315 e. The molecule has 3 fully saturated rings. The summed E-state index contributed by atoms with van der Waals surface area (Å²) >= 11 is 0. The molecular weight excluding hydrogens is 342 g/mol. The molecular formula is C20H35N5O2. The minimum Gasteiger partial charge on any atom is -0.383 e. The molecule has 2 aliphatic carbocycles. The molecule has 4 aliphatic rings. The highest BCUT2D eigenvalue weighted by atomic mass is 16.5. The van der Waals surface area contributed by atoms with Gasteiger partial charge in [0, 0.05) is 38.8 Å². The molecule has 7 nitrogen and oxygen atoms in total. The lowest BCUT2D eigenvalue weighted by Crippen LogP contribution is -2.55. The van der Waals surface area contributed by atoms with Gasteiger partial charge in [0.05, 0.1) is 25.2 Å². The average molecular weight is 378 g/mol. The molecule has 3 unspecified atom stereocenters. The molecule has 152 valence electrons. The molecule has 2 aliphatic heterocycles. The first kappa shape index (κ1) is 19.0. The molecule has 0 aromatic rings. The van der Waals surface area contributed by atoms with E-state index in [1.165, 1.54) is 25.1 Å². The number of hydrogen-bond acceptors (Lipinski definition) is 5. The quantitative estimate of drug-likeness (QED) is 0.763. The lowest BCUT2D eigenvalue weighted by Gasteiger charge is -2.40. The molecule has 4 rings (SSSR count). The van der Waals surface area contributed by atoms with E-state index >= 15 is 0 Å². The zero-order valence-corrected chi connectivity index (χ0v) is 16.7. The van der Waals surface area contributed by atoms with E-state index in [-0.39, 0.29) is 12.1 Å². The number of carbonyl (C=O) groups excluding carboxylic acids is 1. The molecule has 0 aromatic carbocycles. The number of rotatable bonds is 5. The summed E-state index contributed by atoms with van der Waals surface area (Å²) in [5, 5.41) is 6.42. The largest absolute Gasteiger partial charge is 0.383 e. The van der Waals surface area contributed by atoms with Crippen LogP contribution in [0.4, 0.5) is 4.79 Å². The molecule has 0 aromatic heterocycles. The van der Waals surface area contributed by atoms with Crippen LogP contribution in [0.15, 0.2) is 4.99 Å². The second kappa shape index (κ2) is 8.78. The Hall–Kier alpha value is -1.34. The van der Waals surface area contributed by atoms with Gasteiger partial charge in [0.15, 0.2) is 0 Å². The zero-order chi connectivity index (χ0) is 18.6. The van der Waals surface area contributed by atoms with Gasteiger partial charge in [-0.2, -0.15) is 0 Å². The molecule has 2 saturated carbocycles. The first-order valence-corrected chi connectivity index (χ1v) is 10.8. The third-order valence-electron chi connectivity index (χ3n) is 6.74. The van der Waals surface area contributed by atoms with Crippen LogP contribution in [0.25, 0.3) is 0 Å². The second-order valence-electron chi connectivity index (χ2n) is 8.61. The summed E-state index contributed by atoms with van der Waals surface area (Å²) in [5.41, 5.74) is 0. The summed E-state index contributed by atoms with van der Waals surface area (Å²) in [5.74, 6) is 1.25. The number of nitrogens with one attached hydrogen (secondary N) is 2. The Labute approximate surface area is 162 Å². The van der Waals surface area contributed by atoms with Crippen molar-refractivity contribution in [1.82, 2.24) is 20.4 Å². The summed E-state index contributed by atoms with van der Waals surface area (Å²) in [6.45, 7) is 4.87. The van der Waals surface area contributed by atoms with Crippen molar-refractivity contribution < 1.29 is 9.53 Å². The predicted octanol–water partition coefficient (Wildman–Crippen LogP) is 1.58.